The molecule has 2 aromatic heterocycles. The molecule has 1 fully saturated rings. The molecule has 0 saturated heterocycles. The fourth-order valence-electron chi connectivity index (χ4n) is 8.82. The van der Waals surface area contributed by atoms with Crippen molar-refractivity contribution < 1.29 is 4.74 Å². The molecule has 5 aromatic carbocycles. The van der Waals surface area contributed by atoms with Crippen molar-refractivity contribution in [1.29, 1.82) is 0 Å². The van der Waals surface area contributed by atoms with E-state index in [0.29, 0.717) is 5.92 Å². The summed E-state index contributed by atoms with van der Waals surface area (Å²) in [5.41, 5.74) is 11.6. The molecule has 3 heterocycles. The van der Waals surface area contributed by atoms with Gasteiger partial charge in [0.15, 0.2) is 0 Å². The number of nitrogens with zero attached hydrogens (tertiary/aromatic N) is 4. The van der Waals surface area contributed by atoms with Crippen molar-refractivity contribution in [2.45, 2.75) is 77.7 Å². The zero-order valence-corrected chi connectivity index (χ0v) is 31.3. The van der Waals surface area contributed by atoms with E-state index in [9.17, 15) is 0 Å². The summed E-state index contributed by atoms with van der Waals surface area (Å²) < 4.78 is 8.95. The average Bonchev–Trinajstić information content (AvgIpc) is 3.70. The van der Waals surface area contributed by atoms with Crippen LogP contribution in [0.15, 0.2) is 128 Å². The number of hydrogen-bond donors (Lipinski definition) is 0. The number of aryl methyl sites for hydroxylation is 1. The van der Waals surface area contributed by atoms with Crippen LogP contribution in [0.3, 0.4) is 0 Å². The molecular formula is C48H48N4O. The van der Waals surface area contributed by atoms with Gasteiger partial charge in [0.2, 0.25) is 0 Å². The normalized spacial score (nSPS) is 15.0. The predicted octanol–water partition coefficient (Wildman–Crippen LogP) is 12.7. The lowest BCUT2D eigenvalue weighted by atomic mass is 9.80. The number of rotatable bonds is 7. The van der Waals surface area contributed by atoms with E-state index in [2.05, 4.69) is 163 Å². The van der Waals surface area contributed by atoms with Gasteiger partial charge in [0.25, 0.3) is 0 Å². The SMILES string of the molecule is Cc1cccc(CN2CN(c3cccc(Oc4ccc5c6ccccc6n(-c6cc(C(C)(C)C)ccn6)c5c4)c3)c3ccccc32)c1C1CCCCC1. The quantitative estimate of drug-likeness (QED) is 0.166. The molecule has 1 saturated carbocycles. The molecule has 9 rings (SSSR count). The molecule has 0 atom stereocenters. The highest BCUT2D eigenvalue weighted by Gasteiger charge is 2.29. The largest absolute Gasteiger partial charge is 0.457 e. The molecule has 266 valence electrons. The molecule has 7 aromatic rings. The van der Waals surface area contributed by atoms with Crippen molar-refractivity contribution in [3.05, 3.63) is 150 Å². The number of pyridine rings is 1. The number of anilines is 3. The molecule has 1 aliphatic heterocycles. The van der Waals surface area contributed by atoms with Gasteiger partial charge in [-0.15, -0.1) is 0 Å². The summed E-state index contributed by atoms with van der Waals surface area (Å²) in [5.74, 6) is 3.19. The van der Waals surface area contributed by atoms with Gasteiger partial charge in [-0.05, 0) is 108 Å². The molecule has 0 radical (unpaired) electrons. The fourth-order valence-corrected chi connectivity index (χ4v) is 8.82. The molecular weight excluding hydrogens is 649 g/mol. The van der Waals surface area contributed by atoms with Crippen molar-refractivity contribution >= 4 is 38.9 Å². The van der Waals surface area contributed by atoms with E-state index in [1.807, 2.05) is 6.20 Å². The highest BCUT2D eigenvalue weighted by Crippen LogP contribution is 2.44. The number of hydrogen-bond acceptors (Lipinski definition) is 4. The lowest BCUT2D eigenvalue weighted by Crippen LogP contribution is -2.28. The van der Waals surface area contributed by atoms with Gasteiger partial charge in [-0.1, -0.05) is 94.6 Å². The van der Waals surface area contributed by atoms with Gasteiger partial charge < -0.3 is 14.5 Å². The lowest BCUT2D eigenvalue weighted by molar-refractivity contribution is 0.440. The number of para-hydroxylation sites is 3. The van der Waals surface area contributed by atoms with Gasteiger partial charge in [0, 0.05) is 41.3 Å². The molecule has 5 heteroatoms. The van der Waals surface area contributed by atoms with Crippen LogP contribution in [0.25, 0.3) is 27.6 Å². The van der Waals surface area contributed by atoms with Gasteiger partial charge in [0.1, 0.15) is 17.3 Å². The Hall–Kier alpha value is -5.55. The van der Waals surface area contributed by atoms with Crippen LogP contribution in [-0.2, 0) is 12.0 Å². The topological polar surface area (TPSA) is 33.5 Å². The van der Waals surface area contributed by atoms with Crippen LogP contribution in [-0.4, -0.2) is 16.2 Å². The smallest absolute Gasteiger partial charge is 0.137 e. The third-order valence-electron chi connectivity index (χ3n) is 11.5. The van der Waals surface area contributed by atoms with Crippen LogP contribution < -0.4 is 14.5 Å². The van der Waals surface area contributed by atoms with E-state index in [4.69, 9.17) is 9.72 Å². The maximum Gasteiger partial charge on any atom is 0.137 e. The molecule has 0 spiro atoms. The van der Waals surface area contributed by atoms with Gasteiger partial charge in [0.05, 0.1) is 29.1 Å². The molecule has 0 bridgehead atoms. The van der Waals surface area contributed by atoms with Crippen molar-refractivity contribution in [2.75, 3.05) is 16.5 Å². The zero-order valence-electron chi connectivity index (χ0n) is 31.3. The van der Waals surface area contributed by atoms with Crippen LogP contribution >= 0.6 is 0 Å². The minimum atomic E-state index is 0.0150. The average molecular weight is 697 g/mol. The van der Waals surface area contributed by atoms with Crippen molar-refractivity contribution in [3.8, 4) is 17.3 Å². The maximum absolute atomic E-state index is 6.68. The first-order valence-corrected chi connectivity index (χ1v) is 19.3. The monoisotopic (exact) mass is 696 g/mol. The molecule has 2 aliphatic rings. The fraction of sp³-hybridized carbons (Fsp3) is 0.271. The Morgan fingerprint density at radius 1 is 0.698 bits per heavy atom. The Kier molecular flexibility index (Phi) is 8.45. The summed E-state index contributed by atoms with van der Waals surface area (Å²) in [4.78, 5) is 9.83. The van der Waals surface area contributed by atoms with Crippen molar-refractivity contribution in [2.24, 2.45) is 0 Å². The lowest BCUT2D eigenvalue weighted by Gasteiger charge is -2.29. The second-order valence-electron chi connectivity index (χ2n) is 16.0. The Morgan fingerprint density at radius 2 is 1.45 bits per heavy atom. The Balaban J connectivity index is 1.03. The number of ether oxygens (including phenoxy) is 1. The van der Waals surface area contributed by atoms with E-state index in [-0.39, 0.29) is 5.41 Å². The molecule has 0 unspecified atom stereocenters. The van der Waals surface area contributed by atoms with Crippen LogP contribution in [0.1, 0.15) is 81.0 Å². The van der Waals surface area contributed by atoms with Crippen molar-refractivity contribution in [1.82, 2.24) is 9.55 Å². The van der Waals surface area contributed by atoms with E-state index in [1.165, 1.54) is 70.9 Å². The summed E-state index contributed by atoms with van der Waals surface area (Å²) in [7, 11) is 0. The van der Waals surface area contributed by atoms with Gasteiger partial charge in [-0.2, -0.15) is 0 Å². The summed E-state index contributed by atoms with van der Waals surface area (Å²) >= 11 is 0. The van der Waals surface area contributed by atoms with Crippen molar-refractivity contribution in [3.63, 3.8) is 0 Å². The van der Waals surface area contributed by atoms with Crippen LogP contribution in [0, 0.1) is 6.92 Å². The molecule has 0 amide bonds. The standard InChI is InChI=1S/C48H48N4O/c1-33-14-12-17-35(47(33)34-15-6-5-7-16-34)31-50-32-51(44-23-11-10-22-43(44)50)37-18-13-19-38(29-37)53-39-24-25-41-40-20-8-9-21-42(40)52(45(41)30-39)46-28-36(26-27-49-46)48(2,3)4/h8-14,17-30,34H,5-7,15-16,31-32H2,1-4H3. The minimum absolute atomic E-state index is 0.0150. The number of fused-ring (bicyclic) bond motifs is 4. The van der Waals surface area contributed by atoms with Crippen LogP contribution in [0.5, 0.6) is 11.5 Å². The third kappa shape index (κ3) is 6.22. The highest BCUT2D eigenvalue weighted by atomic mass is 16.5. The molecule has 5 nitrogen and oxygen atoms in total. The first-order chi connectivity index (χ1) is 25.8. The maximum atomic E-state index is 6.68. The number of benzene rings is 5. The predicted molar refractivity (Wildman–Crippen MR) is 220 cm³/mol. The van der Waals surface area contributed by atoms with E-state index in [1.54, 1.807) is 5.56 Å². The molecule has 0 N–H and O–H groups in total. The Morgan fingerprint density at radius 3 is 2.30 bits per heavy atom. The molecule has 1 aliphatic carbocycles. The summed E-state index contributed by atoms with van der Waals surface area (Å²) in [6.07, 6.45) is 8.61. The second-order valence-corrected chi connectivity index (χ2v) is 16.0. The van der Waals surface area contributed by atoms with Gasteiger partial charge >= 0.3 is 0 Å². The minimum Gasteiger partial charge on any atom is -0.457 e. The van der Waals surface area contributed by atoms with Crippen LogP contribution in [0.4, 0.5) is 17.1 Å². The van der Waals surface area contributed by atoms with Gasteiger partial charge in [-0.3, -0.25) is 4.57 Å². The number of aromatic nitrogens is 2. The summed E-state index contributed by atoms with van der Waals surface area (Å²) in [6, 6.07) is 43.6. The zero-order chi connectivity index (χ0) is 36.1. The van der Waals surface area contributed by atoms with Gasteiger partial charge in [-0.25, -0.2) is 4.98 Å². The molecule has 53 heavy (non-hydrogen) atoms. The van der Waals surface area contributed by atoms with E-state index in [0.717, 1.165) is 47.3 Å². The Labute approximate surface area is 313 Å². The second kappa shape index (κ2) is 13.5. The first-order valence-electron chi connectivity index (χ1n) is 19.3. The highest BCUT2D eigenvalue weighted by molar-refractivity contribution is 6.09. The van der Waals surface area contributed by atoms with Crippen LogP contribution in [0.2, 0.25) is 0 Å². The van der Waals surface area contributed by atoms with E-state index >= 15 is 0 Å². The van der Waals surface area contributed by atoms with E-state index < -0.39 is 0 Å². The Bertz CT molecular complexity index is 2450. The summed E-state index contributed by atoms with van der Waals surface area (Å²) in [6.45, 7) is 10.7. The first kappa shape index (κ1) is 33.3. The summed E-state index contributed by atoms with van der Waals surface area (Å²) in [5, 5.41) is 2.38. The third-order valence-corrected chi connectivity index (χ3v) is 11.5.